The number of likely N-dealkylation sites (tertiary alicyclic amines) is 1. The minimum absolute atomic E-state index is 0. The molecule has 0 aliphatic carbocycles. The first-order valence-electron chi connectivity index (χ1n) is 7.41. The second-order valence-electron chi connectivity index (χ2n) is 5.58. The van der Waals surface area contributed by atoms with Crippen LogP contribution in [0.3, 0.4) is 0 Å². The van der Waals surface area contributed by atoms with Gasteiger partial charge in [0.05, 0.1) is 0 Å². The predicted molar refractivity (Wildman–Crippen MR) is 92.2 cm³/mol. The number of amides is 1. The molecule has 0 saturated carbocycles. The van der Waals surface area contributed by atoms with Crippen LogP contribution in [0.2, 0.25) is 5.02 Å². The second kappa shape index (κ2) is 9.23. The number of halogens is 2. The summed E-state index contributed by atoms with van der Waals surface area (Å²) in [5, 5.41) is 3.91. The average Bonchev–Trinajstić information content (AvgIpc) is 2.49. The summed E-state index contributed by atoms with van der Waals surface area (Å²) in [6.45, 7) is 4.70. The van der Waals surface area contributed by atoms with Gasteiger partial charge in [-0.15, -0.1) is 12.4 Å². The lowest BCUT2D eigenvalue weighted by molar-refractivity contribution is -0.134. The van der Waals surface area contributed by atoms with Gasteiger partial charge in [0, 0.05) is 18.1 Å². The summed E-state index contributed by atoms with van der Waals surface area (Å²) in [5.74, 6) is 1.43. The molecule has 1 saturated heterocycles. The summed E-state index contributed by atoms with van der Waals surface area (Å²) in [4.78, 5) is 14.0. The number of carbonyl (C=O) groups is 1. The number of nitrogens with zero attached hydrogens (tertiary/aromatic N) is 1. The molecule has 4 nitrogen and oxygen atoms in total. The number of rotatable bonds is 5. The number of ether oxygens (including phenoxy) is 1. The molecule has 1 amide bonds. The monoisotopic (exact) mass is 346 g/mol. The minimum atomic E-state index is 0. The molecule has 1 heterocycles. The van der Waals surface area contributed by atoms with E-state index >= 15 is 0 Å². The molecule has 0 aromatic heterocycles. The number of nitrogens with one attached hydrogen (secondary N) is 1. The van der Waals surface area contributed by atoms with Crippen LogP contribution in [0, 0.1) is 12.8 Å². The fourth-order valence-electron chi connectivity index (χ4n) is 2.62. The summed E-state index contributed by atoms with van der Waals surface area (Å²) in [7, 11) is 1.97. The highest BCUT2D eigenvalue weighted by Gasteiger charge is 2.22. The highest BCUT2D eigenvalue weighted by atomic mass is 35.5. The van der Waals surface area contributed by atoms with Gasteiger partial charge >= 0.3 is 0 Å². The average molecular weight is 347 g/mol. The fraction of sp³-hybridized carbons (Fsp3) is 0.562. The first kappa shape index (κ1) is 19.1. The van der Waals surface area contributed by atoms with Crippen LogP contribution in [-0.2, 0) is 4.79 Å². The number of hydrogen-bond donors (Lipinski definition) is 1. The van der Waals surface area contributed by atoms with Gasteiger partial charge in [-0.1, -0.05) is 11.6 Å². The molecule has 0 bridgehead atoms. The normalized spacial score (nSPS) is 15.3. The van der Waals surface area contributed by atoms with Gasteiger partial charge in [0.1, 0.15) is 5.75 Å². The van der Waals surface area contributed by atoms with Crippen molar-refractivity contribution in [2.24, 2.45) is 5.92 Å². The molecular weight excluding hydrogens is 323 g/mol. The standard InChI is InChI=1S/C16H23ClN2O2.ClH/c1-12-9-14(3-4-15(12)17)21-11-16(20)19-7-5-13(6-8-19)10-18-2;/h3-4,9,13,18H,5-8,10-11H2,1-2H3;1H. The Balaban J connectivity index is 0.00000242. The predicted octanol–water partition coefficient (Wildman–Crippen LogP) is 2.91. The SMILES string of the molecule is CNCC1CCN(C(=O)COc2ccc(Cl)c(C)c2)CC1.Cl. The Hall–Kier alpha value is -0.970. The fourth-order valence-corrected chi connectivity index (χ4v) is 2.74. The van der Waals surface area contributed by atoms with Crippen LogP contribution in [0.25, 0.3) is 0 Å². The molecule has 1 aromatic rings. The lowest BCUT2D eigenvalue weighted by atomic mass is 9.97. The summed E-state index contributed by atoms with van der Waals surface area (Å²) < 4.78 is 5.57. The quantitative estimate of drug-likeness (QED) is 0.891. The van der Waals surface area contributed by atoms with Gasteiger partial charge in [0.15, 0.2) is 6.61 Å². The van der Waals surface area contributed by atoms with Crippen LogP contribution < -0.4 is 10.1 Å². The third-order valence-corrected chi connectivity index (χ3v) is 4.38. The third-order valence-electron chi connectivity index (χ3n) is 3.95. The maximum Gasteiger partial charge on any atom is 0.260 e. The van der Waals surface area contributed by atoms with Crippen LogP contribution >= 0.6 is 24.0 Å². The highest BCUT2D eigenvalue weighted by molar-refractivity contribution is 6.31. The molecule has 0 atom stereocenters. The number of benzene rings is 1. The Labute approximate surface area is 143 Å². The summed E-state index contributed by atoms with van der Waals surface area (Å²) in [6, 6.07) is 5.44. The molecule has 1 aliphatic rings. The van der Waals surface area contributed by atoms with E-state index < -0.39 is 0 Å². The lowest BCUT2D eigenvalue weighted by Crippen LogP contribution is -2.42. The van der Waals surface area contributed by atoms with Crippen molar-refractivity contribution in [1.29, 1.82) is 0 Å². The van der Waals surface area contributed by atoms with Crippen LogP contribution in [0.5, 0.6) is 5.75 Å². The zero-order valence-corrected chi connectivity index (χ0v) is 14.7. The van der Waals surface area contributed by atoms with Gasteiger partial charge < -0.3 is 15.0 Å². The molecule has 2 rings (SSSR count). The van der Waals surface area contributed by atoms with E-state index in [1.807, 2.05) is 24.9 Å². The maximum absolute atomic E-state index is 12.1. The van der Waals surface area contributed by atoms with E-state index in [-0.39, 0.29) is 24.9 Å². The Morgan fingerprint density at radius 3 is 2.68 bits per heavy atom. The molecule has 124 valence electrons. The maximum atomic E-state index is 12.1. The molecule has 1 aromatic carbocycles. The zero-order valence-electron chi connectivity index (χ0n) is 13.1. The van der Waals surface area contributed by atoms with Crippen molar-refractivity contribution in [1.82, 2.24) is 10.2 Å². The van der Waals surface area contributed by atoms with E-state index in [1.54, 1.807) is 12.1 Å². The van der Waals surface area contributed by atoms with E-state index in [4.69, 9.17) is 16.3 Å². The van der Waals surface area contributed by atoms with Crippen molar-refractivity contribution in [2.75, 3.05) is 33.3 Å². The third kappa shape index (κ3) is 5.34. The van der Waals surface area contributed by atoms with Crippen LogP contribution in [-0.4, -0.2) is 44.1 Å². The van der Waals surface area contributed by atoms with Crippen LogP contribution in [0.1, 0.15) is 18.4 Å². The molecular formula is C16H24Cl2N2O2. The molecule has 0 radical (unpaired) electrons. The second-order valence-corrected chi connectivity index (χ2v) is 5.99. The molecule has 0 unspecified atom stereocenters. The smallest absolute Gasteiger partial charge is 0.260 e. The molecule has 1 fully saturated rings. The Kier molecular flexibility index (Phi) is 8.01. The first-order valence-corrected chi connectivity index (χ1v) is 7.79. The van der Waals surface area contributed by atoms with Crippen molar-refractivity contribution >= 4 is 29.9 Å². The minimum Gasteiger partial charge on any atom is -0.484 e. The molecule has 22 heavy (non-hydrogen) atoms. The van der Waals surface area contributed by atoms with E-state index in [1.165, 1.54) is 0 Å². The van der Waals surface area contributed by atoms with E-state index in [9.17, 15) is 4.79 Å². The molecule has 0 spiro atoms. The van der Waals surface area contributed by atoms with E-state index in [0.29, 0.717) is 16.7 Å². The molecule has 6 heteroatoms. The number of piperidine rings is 1. The van der Waals surface area contributed by atoms with Gasteiger partial charge in [0.2, 0.25) is 0 Å². The van der Waals surface area contributed by atoms with Crippen LogP contribution in [0.15, 0.2) is 18.2 Å². The zero-order chi connectivity index (χ0) is 15.2. The van der Waals surface area contributed by atoms with Gasteiger partial charge in [0.25, 0.3) is 5.91 Å². The lowest BCUT2D eigenvalue weighted by Gasteiger charge is -2.31. The summed E-state index contributed by atoms with van der Waals surface area (Å²) in [6.07, 6.45) is 2.12. The number of aryl methyl sites for hydroxylation is 1. The van der Waals surface area contributed by atoms with Gasteiger partial charge in [-0.05, 0) is 63.0 Å². The van der Waals surface area contributed by atoms with Crippen molar-refractivity contribution in [3.05, 3.63) is 28.8 Å². The van der Waals surface area contributed by atoms with Crippen LogP contribution in [0.4, 0.5) is 0 Å². The Bertz CT molecular complexity index is 489. The Morgan fingerprint density at radius 2 is 2.09 bits per heavy atom. The summed E-state index contributed by atoms with van der Waals surface area (Å²) in [5.41, 5.74) is 0.953. The summed E-state index contributed by atoms with van der Waals surface area (Å²) >= 11 is 5.97. The largest absolute Gasteiger partial charge is 0.484 e. The van der Waals surface area contributed by atoms with Crippen molar-refractivity contribution < 1.29 is 9.53 Å². The number of carbonyl (C=O) groups excluding carboxylic acids is 1. The highest BCUT2D eigenvalue weighted by Crippen LogP contribution is 2.21. The van der Waals surface area contributed by atoms with Crippen molar-refractivity contribution in [3.63, 3.8) is 0 Å². The van der Waals surface area contributed by atoms with Gasteiger partial charge in [-0.3, -0.25) is 4.79 Å². The van der Waals surface area contributed by atoms with E-state index in [0.717, 1.165) is 38.0 Å². The van der Waals surface area contributed by atoms with Gasteiger partial charge in [-0.25, -0.2) is 0 Å². The molecule has 1 N–H and O–H groups in total. The molecule has 1 aliphatic heterocycles. The Morgan fingerprint density at radius 1 is 1.41 bits per heavy atom. The first-order chi connectivity index (χ1) is 10.1. The number of hydrogen-bond acceptors (Lipinski definition) is 3. The van der Waals surface area contributed by atoms with Crippen molar-refractivity contribution in [3.8, 4) is 5.75 Å². The van der Waals surface area contributed by atoms with E-state index in [2.05, 4.69) is 5.32 Å². The topological polar surface area (TPSA) is 41.6 Å². The van der Waals surface area contributed by atoms with Crippen molar-refractivity contribution in [2.45, 2.75) is 19.8 Å². The van der Waals surface area contributed by atoms with Gasteiger partial charge in [-0.2, -0.15) is 0 Å².